The van der Waals surface area contributed by atoms with Crippen LogP contribution in [0.25, 0.3) is 0 Å². The predicted octanol–water partition coefficient (Wildman–Crippen LogP) is 4.44. The number of hydrogen-bond donors (Lipinski definition) is 1. The third-order valence-electron chi connectivity index (χ3n) is 6.79. The third-order valence-corrected chi connectivity index (χ3v) is 6.79. The number of rotatable bonds is 5. The molecule has 1 aromatic carbocycles. The first-order valence-electron chi connectivity index (χ1n) is 11.4. The maximum absolute atomic E-state index is 12.6. The molecule has 6 heteroatoms. The van der Waals surface area contributed by atoms with Gasteiger partial charge in [-0.2, -0.15) is 0 Å². The third kappa shape index (κ3) is 5.06. The Morgan fingerprint density at radius 1 is 1.03 bits per heavy atom. The van der Waals surface area contributed by atoms with Crippen LogP contribution in [-0.4, -0.2) is 47.9 Å². The molecule has 2 aliphatic rings. The first-order chi connectivity index (χ1) is 15.0. The molecule has 1 atom stereocenters. The van der Waals surface area contributed by atoms with E-state index in [4.69, 9.17) is 0 Å². The van der Waals surface area contributed by atoms with Gasteiger partial charge in [-0.05, 0) is 55.0 Å². The summed E-state index contributed by atoms with van der Waals surface area (Å²) in [5.74, 6) is 1.48. The Kier molecular flexibility index (Phi) is 6.54. The average molecular weight is 421 g/mol. The average Bonchev–Trinajstić information content (AvgIpc) is 3.30. The highest BCUT2D eigenvalue weighted by Crippen LogP contribution is 2.32. The van der Waals surface area contributed by atoms with Crippen LogP contribution in [0.2, 0.25) is 0 Å². The molecule has 1 saturated carbocycles. The number of carbonyl (C=O) groups excluding carboxylic acids is 2. The first kappa shape index (κ1) is 21.3. The van der Waals surface area contributed by atoms with Crippen molar-refractivity contribution in [2.45, 2.75) is 57.4 Å². The van der Waals surface area contributed by atoms with E-state index >= 15 is 0 Å². The Morgan fingerprint density at radius 3 is 2.42 bits per heavy atom. The summed E-state index contributed by atoms with van der Waals surface area (Å²) in [6.07, 6.45) is 9.11. The van der Waals surface area contributed by atoms with E-state index < -0.39 is 0 Å². The van der Waals surface area contributed by atoms with E-state index in [0.29, 0.717) is 17.2 Å². The molecule has 1 aliphatic heterocycles. The fourth-order valence-electron chi connectivity index (χ4n) is 4.72. The van der Waals surface area contributed by atoms with Crippen LogP contribution in [0, 0.1) is 0 Å². The monoisotopic (exact) mass is 420 g/mol. The SMILES string of the molecule is CC(=O)N(C)C1CCN(c2ccc(NC(=O)c3ccc(C4CCCCC4)cc3)cn2)C1. The molecular formula is C25H32N4O2. The van der Waals surface area contributed by atoms with Gasteiger partial charge in [0.1, 0.15) is 5.82 Å². The van der Waals surface area contributed by atoms with Crippen LogP contribution in [0.5, 0.6) is 0 Å². The summed E-state index contributed by atoms with van der Waals surface area (Å²) in [7, 11) is 1.85. The molecule has 1 aromatic heterocycles. The van der Waals surface area contributed by atoms with E-state index in [1.54, 1.807) is 18.0 Å². The molecule has 2 heterocycles. The molecule has 0 spiro atoms. The van der Waals surface area contributed by atoms with Crippen LogP contribution in [0.4, 0.5) is 11.5 Å². The molecule has 1 unspecified atom stereocenters. The number of carbonyl (C=O) groups is 2. The molecule has 0 radical (unpaired) electrons. The molecular weight excluding hydrogens is 388 g/mol. The Hall–Kier alpha value is -2.89. The molecule has 1 N–H and O–H groups in total. The van der Waals surface area contributed by atoms with Gasteiger partial charge < -0.3 is 15.1 Å². The lowest BCUT2D eigenvalue weighted by Crippen LogP contribution is -2.37. The van der Waals surface area contributed by atoms with E-state index in [1.165, 1.54) is 37.7 Å². The molecule has 1 aliphatic carbocycles. The molecule has 31 heavy (non-hydrogen) atoms. The van der Waals surface area contributed by atoms with Gasteiger partial charge in [0.25, 0.3) is 5.91 Å². The Labute approximate surface area is 184 Å². The molecule has 1 saturated heterocycles. The maximum atomic E-state index is 12.6. The number of pyridine rings is 1. The number of amides is 2. The molecule has 6 nitrogen and oxygen atoms in total. The van der Waals surface area contributed by atoms with Gasteiger partial charge in [-0.15, -0.1) is 0 Å². The number of benzene rings is 1. The van der Waals surface area contributed by atoms with E-state index in [2.05, 4.69) is 27.3 Å². The second-order valence-electron chi connectivity index (χ2n) is 8.83. The van der Waals surface area contributed by atoms with Gasteiger partial charge in [-0.25, -0.2) is 4.98 Å². The second kappa shape index (κ2) is 9.50. The Balaban J connectivity index is 1.33. The lowest BCUT2D eigenvalue weighted by atomic mass is 9.84. The van der Waals surface area contributed by atoms with Crippen molar-refractivity contribution in [2.75, 3.05) is 30.4 Å². The number of nitrogens with zero attached hydrogens (tertiary/aromatic N) is 3. The van der Waals surface area contributed by atoms with Crippen LogP contribution in [0.15, 0.2) is 42.6 Å². The van der Waals surface area contributed by atoms with Crippen molar-refractivity contribution in [3.8, 4) is 0 Å². The number of hydrogen-bond acceptors (Lipinski definition) is 4. The van der Waals surface area contributed by atoms with Crippen LogP contribution >= 0.6 is 0 Å². The summed E-state index contributed by atoms with van der Waals surface area (Å²) >= 11 is 0. The summed E-state index contributed by atoms with van der Waals surface area (Å²) in [4.78, 5) is 32.7. The second-order valence-corrected chi connectivity index (χ2v) is 8.83. The highest BCUT2D eigenvalue weighted by molar-refractivity contribution is 6.04. The lowest BCUT2D eigenvalue weighted by molar-refractivity contribution is -0.129. The fourth-order valence-corrected chi connectivity index (χ4v) is 4.72. The van der Waals surface area contributed by atoms with Crippen molar-refractivity contribution in [2.24, 2.45) is 0 Å². The fraction of sp³-hybridized carbons (Fsp3) is 0.480. The van der Waals surface area contributed by atoms with Crippen molar-refractivity contribution in [3.05, 3.63) is 53.7 Å². The highest BCUT2D eigenvalue weighted by atomic mass is 16.2. The normalized spacial score (nSPS) is 19.3. The summed E-state index contributed by atoms with van der Waals surface area (Å²) in [5, 5.41) is 2.94. The maximum Gasteiger partial charge on any atom is 0.255 e. The topological polar surface area (TPSA) is 65.5 Å². The van der Waals surface area contributed by atoms with Gasteiger partial charge in [0.05, 0.1) is 17.9 Å². The van der Waals surface area contributed by atoms with Crippen molar-refractivity contribution >= 4 is 23.3 Å². The van der Waals surface area contributed by atoms with Gasteiger partial charge in [-0.3, -0.25) is 9.59 Å². The van der Waals surface area contributed by atoms with Crippen LogP contribution < -0.4 is 10.2 Å². The minimum absolute atomic E-state index is 0.0876. The molecule has 4 rings (SSSR count). The standard InChI is InChI=1S/C25H32N4O2/c1-18(30)28(2)23-14-15-29(17-23)24-13-12-22(16-26-24)27-25(31)21-10-8-20(9-11-21)19-6-4-3-5-7-19/h8-13,16,19,23H,3-7,14-15,17H2,1-2H3,(H,27,31). The summed E-state index contributed by atoms with van der Waals surface area (Å²) in [5.41, 5.74) is 2.70. The quantitative estimate of drug-likeness (QED) is 0.777. The molecule has 2 aromatic rings. The minimum Gasteiger partial charge on any atom is -0.354 e. The lowest BCUT2D eigenvalue weighted by Gasteiger charge is -2.24. The van der Waals surface area contributed by atoms with Crippen LogP contribution in [0.1, 0.15) is 67.3 Å². The zero-order valence-corrected chi connectivity index (χ0v) is 18.5. The summed E-state index contributed by atoms with van der Waals surface area (Å²) in [6, 6.07) is 12.1. The van der Waals surface area contributed by atoms with E-state index in [0.717, 1.165) is 25.3 Å². The zero-order chi connectivity index (χ0) is 21.8. The zero-order valence-electron chi connectivity index (χ0n) is 18.5. The largest absolute Gasteiger partial charge is 0.354 e. The van der Waals surface area contributed by atoms with E-state index in [-0.39, 0.29) is 17.9 Å². The molecule has 0 bridgehead atoms. The van der Waals surface area contributed by atoms with Gasteiger partial charge in [0.15, 0.2) is 0 Å². The van der Waals surface area contributed by atoms with Gasteiger partial charge >= 0.3 is 0 Å². The van der Waals surface area contributed by atoms with Gasteiger partial charge in [0.2, 0.25) is 5.91 Å². The van der Waals surface area contributed by atoms with Crippen molar-refractivity contribution in [1.29, 1.82) is 0 Å². The van der Waals surface area contributed by atoms with Crippen LogP contribution in [-0.2, 0) is 4.79 Å². The molecule has 164 valence electrons. The van der Waals surface area contributed by atoms with Gasteiger partial charge in [-0.1, -0.05) is 31.4 Å². The first-order valence-corrected chi connectivity index (χ1v) is 11.4. The molecule has 2 amide bonds. The number of likely N-dealkylation sites (N-methyl/N-ethyl adjacent to an activating group) is 1. The summed E-state index contributed by atoms with van der Waals surface area (Å²) in [6.45, 7) is 3.25. The molecule has 2 fully saturated rings. The smallest absolute Gasteiger partial charge is 0.255 e. The minimum atomic E-state index is -0.117. The predicted molar refractivity (Wildman–Crippen MR) is 124 cm³/mol. The van der Waals surface area contributed by atoms with E-state index in [9.17, 15) is 9.59 Å². The Bertz CT molecular complexity index is 904. The highest BCUT2D eigenvalue weighted by Gasteiger charge is 2.27. The summed E-state index contributed by atoms with van der Waals surface area (Å²) < 4.78 is 0. The van der Waals surface area contributed by atoms with Crippen molar-refractivity contribution in [1.82, 2.24) is 9.88 Å². The van der Waals surface area contributed by atoms with Crippen molar-refractivity contribution in [3.63, 3.8) is 0 Å². The van der Waals surface area contributed by atoms with Gasteiger partial charge in [0, 0.05) is 32.6 Å². The van der Waals surface area contributed by atoms with Crippen molar-refractivity contribution < 1.29 is 9.59 Å². The Morgan fingerprint density at radius 2 is 1.77 bits per heavy atom. The number of anilines is 2. The van der Waals surface area contributed by atoms with E-state index in [1.807, 2.05) is 31.3 Å². The number of aromatic nitrogens is 1. The van der Waals surface area contributed by atoms with Crippen LogP contribution in [0.3, 0.4) is 0 Å². The number of nitrogens with one attached hydrogen (secondary N) is 1.